The van der Waals surface area contributed by atoms with E-state index in [2.05, 4.69) is 35.8 Å². The number of benzene rings is 1. The number of morpholine rings is 1. The van der Waals surface area contributed by atoms with E-state index in [1.54, 1.807) is 13.8 Å². The van der Waals surface area contributed by atoms with Gasteiger partial charge in [0, 0.05) is 36.4 Å². The Labute approximate surface area is 286 Å². The van der Waals surface area contributed by atoms with E-state index in [-0.39, 0.29) is 57.8 Å². The van der Waals surface area contributed by atoms with E-state index in [0.29, 0.717) is 25.2 Å². The maximum absolute atomic E-state index is 14.1. The summed E-state index contributed by atoms with van der Waals surface area (Å²) in [6, 6.07) is 4.97. The highest BCUT2D eigenvalue weighted by Crippen LogP contribution is 2.56. The fourth-order valence-electron chi connectivity index (χ4n) is 6.80. The van der Waals surface area contributed by atoms with Gasteiger partial charge in [0.2, 0.25) is 11.8 Å². The molecule has 2 aromatic heterocycles. The van der Waals surface area contributed by atoms with Gasteiger partial charge >= 0.3 is 5.51 Å². The third kappa shape index (κ3) is 6.91. The summed E-state index contributed by atoms with van der Waals surface area (Å²) in [6.45, 7) is 6.69. The molecule has 50 heavy (non-hydrogen) atoms. The SMILES string of the molecule is COc1cc(C(=O)Nc2cccc(S(=O)(=O)C(F)(F)F)c2)c(NC(=O)c2c(N[C@@H]3CC4(N5CCOCC5)CC3C4)ncnc2OC(C)C)cn1. The number of aromatic nitrogens is 3. The summed E-state index contributed by atoms with van der Waals surface area (Å²) < 4.78 is 80.0. The number of hydrogen-bond donors (Lipinski definition) is 3. The van der Waals surface area contributed by atoms with Crippen LogP contribution in [0.15, 0.2) is 47.8 Å². The van der Waals surface area contributed by atoms with Crippen molar-refractivity contribution in [3.8, 4) is 11.8 Å². The molecule has 3 aromatic rings. The number of hydrogen-bond acceptors (Lipinski definition) is 12. The smallest absolute Gasteiger partial charge is 0.481 e. The van der Waals surface area contributed by atoms with E-state index in [1.807, 2.05) is 0 Å². The lowest BCUT2D eigenvalue weighted by atomic mass is 9.75. The summed E-state index contributed by atoms with van der Waals surface area (Å²) in [4.78, 5) is 41.7. The van der Waals surface area contributed by atoms with Crippen molar-refractivity contribution in [1.82, 2.24) is 19.9 Å². The van der Waals surface area contributed by atoms with E-state index in [0.717, 1.165) is 44.5 Å². The maximum atomic E-state index is 14.1. The lowest BCUT2D eigenvalue weighted by molar-refractivity contribution is -0.0493. The number of alkyl halides is 3. The van der Waals surface area contributed by atoms with Crippen LogP contribution in [0.4, 0.5) is 30.4 Å². The fraction of sp³-hybridized carbons (Fsp3) is 0.469. The van der Waals surface area contributed by atoms with Gasteiger partial charge in [0.15, 0.2) is 0 Å². The molecule has 1 atom stereocenters. The van der Waals surface area contributed by atoms with Gasteiger partial charge in [-0.05, 0) is 57.2 Å². The van der Waals surface area contributed by atoms with Crippen molar-refractivity contribution in [3.05, 3.63) is 54.0 Å². The van der Waals surface area contributed by atoms with Crippen molar-refractivity contribution in [3.63, 3.8) is 0 Å². The van der Waals surface area contributed by atoms with E-state index >= 15 is 0 Å². The van der Waals surface area contributed by atoms with Gasteiger partial charge in [-0.1, -0.05) is 6.07 Å². The highest BCUT2D eigenvalue weighted by Gasteiger charge is 2.59. The lowest BCUT2D eigenvalue weighted by Crippen LogP contribution is -2.56. The molecule has 7 rings (SSSR count). The Balaban J connectivity index is 1.26. The Hall–Kier alpha value is -4.55. The normalized spacial score (nSPS) is 22.1. The van der Waals surface area contributed by atoms with Crippen LogP contribution in [0.25, 0.3) is 0 Å². The molecule has 3 saturated carbocycles. The molecule has 3 aliphatic carbocycles. The average Bonchev–Trinajstić information content (AvgIpc) is 3.60. The Morgan fingerprint density at radius 1 is 1.04 bits per heavy atom. The van der Waals surface area contributed by atoms with Crippen molar-refractivity contribution in [2.75, 3.05) is 49.4 Å². The Kier molecular flexibility index (Phi) is 9.62. The summed E-state index contributed by atoms with van der Waals surface area (Å²) in [5.74, 6) is -0.996. The summed E-state index contributed by atoms with van der Waals surface area (Å²) in [6.07, 6.45) is 5.03. The molecular weight excluding hydrogens is 683 g/mol. The second-order valence-corrected chi connectivity index (χ2v) is 14.6. The van der Waals surface area contributed by atoms with Gasteiger partial charge in [0.1, 0.15) is 17.7 Å². The number of nitrogens with one attached hydrogen (secondary N) is 3. The van der Waals surface area contributed by atoms with Crippen LogP contribution >= 0.6 is 0 Å². The molecule has 18 heteroatoms. The fourth-order valence-corrected chi connectivity index (χ4v) is 7.61. The Morgan fingerprint density at radius 2 is 1.78 bits per heavy atom. The number of pyridine rings is 1. The number of carbonyl (C=O) groups excluding carboxylic acids is 2. The van der Waals surface area contributed by atoms with Gasteiger partial charge in [0.25, 0.3) is 21.7 Å². The second-order valence-electron chi connectivity index (χ2n) is 12.7. The summed E-state index contributed by atoms with van der Waals surface area (Å²) in [5.41, 5.74) is -5.98. The van der Waals surface area contributed by atoms with E-state index in [4.69, 9.17) is 14.2 Å². The van der Waals surface area contributed by atoms with Crippen LogP contribution < -0.4 is 25.4 Å². The van der Waals surface area contributed by atoms with Crippen molar-refractivity contribution < 1.29 is 45.4 Å². The lowest BCUT2D eigenvalue weighted by Gasteiger charge is -2.49. The first-order chi connectivity index (χ1) is 23.7. The standard InChI is InChI=1S/C32H36F3N7O7S/c1-18(2)49-30-26(27(37-17-38-30)40-23-15-31(13-19(23)14-31)42-7-9-48-10-8-42)29(44)41-24-16-36-25(47-3)12-22(24)28(43)39-20-5-4-6-21(11-20)50(45,46)32(33,34)35/h4-6,11-12,16-19,23H,7-10,13-15H2,1-3H3,(H,39,43)(H,41,44)(H,37,38,40)/t19?,23-,31?/m1/s1. The van der Waals surface area contributed by atoms with Crippen LogP contribution in [0.5, 0.6) is 11.8 Å². The second kappa shape index (κ2) is 13.6. The van der Waals surface area contributed by atoms with Crippen LogP contribution in [0.3, 0.4) is 0 Å². The zero-order chi connectivity index (χ0) is 35.8. The maximum Gasteiger partial charge on any atom is 0.501 e. The monoisotopic (exact) mass is 719 g/mol. The number of fused-ring (bicyclic) bond motifs is 1. The first-order valence-corrected chi connectivity index (χ1v) is 17.4. The number of halogens is 3. The van der Waals surface area contributed by atoms with Gasteiger partial charge in [-0.15, -0.1) is 0 Å². The molecular formula is C32H36F3N7O7S. The van der Waals surface area contributed by atoms with Crippen molar-refractivity contribution >= 4 is 38.8 Å². The largest absolute Gasteiger partial charge is 0.501 e. The summed E-state index contributed by atoms with van der Waals surface area (Å²) in [5, 5.41) is 8.53. The molecule has 1 saturated heterocycles. The highest BCUT2D eigenvalue weighted by atomic mass is 32.2. The number of anilines is 3. The van der Waals surface area contributed by atoms with Gasteiger partial charge in [-0.25, -0.2) is 23.4 Å². The summed E-state index contributed by atoms with van der Waals surface area (Å²) in [7, 11) is -4.37. The van der Waals surface area contributed by atoms with Gasteiger partial charge in [-0.2, -0.15) is 13.2 Å². The number of carbonyl (C=O) groups is 2. The molecule has 268 valence electrons. The van der Waals surface area contributed by atoms with E-state index in [9.17, 15) is 31.2 Å². The minimum Gasteiger partial charge on any atom is -0.481 e. The quantitative estimate of drug-likeness (QED) is 0.259. The topological polar surface area (TPSA) is 174 Å². The first kappa shape index (κ1) is 35.3. The molecule has 4 aliphatic rings. The molecule has 0 unspecified atom stereocenters. The minimum atomic E-state index is -5.68. The van der Waals surface area contributed by atoms with Gasteiger partial charge in [0.05, 0.1) is 48.8 Å². The third-order valence-electron chi connectivity index (χ3n) is 9.13. The van der Waals surface area contributed by atoms with Crippen LogP contribution in [-0.4, -0.2) is 96.7 Å². The predicted molar refractivity (Wildman–Crippen MR) is 174 cm³/mol. The molecule has 4 fully saturated rings. The Bertz CT molecular complexity index is 1880. The first-order valence-electron chi connectivity index (χ1n) is 15.9. The van der Waals surface area contributed by atoms with Crippen molar-refractivity contribution in [1.29, 1.82) is 0 Å². The minimum absolute atomic E-state index is 0.00189. The number of amides is 2. The number of nitrogens with zero attached hydrogens (tertiary/aromatic N) is 4. The van der Waals surface area contributed by atoms with Crippen LogP contribution in [0.2, 0.25) is 0 Å². The number of sulfone groups is 1. The predicted octanol–water partition coefficient (Wildman–Crippen LogP) is 4.13. The summed E-state index contributed by atoms with van der Waals surface area (Å²) >= 11 is 0. The molecule has 14 nitrogen and oxygen atoms in total. The molecule has 0 radical (unpaired) electrons. The Morgan fingerprint density at radius 3 is 2.46 bits per heavy atom. The van der Waals surface area contributed by atoms with E-state index in [1.165, 1.54) is 31.8 Å². The molecule has 0 spiro atoms. The zero-order valence-corrected chi connectivity index (χ0v) is 28.2. The van der Waals surface area contributed by atoms with E-state index < -0.39 is 32.1 Å². The van der Waals surface area contributed by atoms with Gasteiger partial charge < -0.3 is 30.2 Å². The highest BCUT2D eigenvalue weighted by molar-refractivity contribution is 7.92. The molecule has 2 bridgehead atoms. The average molecular weight is 720 g/mol. The van der Waals surface area contributed by atoms with Crippen LogP contribution in [-0.2, 0) is 14.6 Å². The van der Waals surface area contributed by atoms with Gasteiger partial charge in [-0.3, -0.25) is 14.5 Å². The number of rotatable bonds is 11. The molecule has 1 aromatic carbocycles. The number of methoxy groups -OCH3 is 1. The molecule has 3 heterocycles. The number of ether oxygens (including phenoxy) is 3. The van der Waals surface area contributed by atoms with Crippen molar-refractivity contribution in [2.24, 2.45) is 5.92 Å². The molecule has 1 aliphatic heterocycles. The van der Waals surface area contributed by atoms with Crippen LogP contribution in [0, 0.1) is 5.92 Å². The molecule has 2 amide bonds. The zero-order valence-electron chi connectivity index (χ0n) is 27.4. The van der Waals surface area contributed by atoms with Crippen molar-refractivity contribution in [2.45, 2.75) is 61.2 Å². The third-order valence-corrected chi connectivity index (χ3v) is 10.6. The van der Waals surface area contributed by atoms with Crippen LogP contribution in [0.1, 0.15) is 53.8 Å². The molecule has 3 N–H and O–H groups in total.